The van der Waals surface area contributed by atoms with Crippen LogP contribution in [0.4, 0.5) is 0 Å². The SMILES string of the molecule is OO.[Na+].[O]=[Ti][O-]. The van der Waals surface area contributed by atoms with E-state index in [1.807, 2.05) is 0 Å². The molecule has 0 aromatic carbocycles. The molecule has 0 atom stereocenters. The first-order valence-corrected chi connectivity index (χ1v) is 1.88. The van der Waals surface area contributed by atoms with E-state index in [9.17, 15) is 0 Å². The van der Waals surface area contributed by atoms with Crippen molar-refractivity contribution in [1.29, 1.82) is 0 Å². The summed E-state index contributed by atoms with van der Waals surface area (Å²) in [6.45, 7) is 0. The first-order valence-electron chi connectivity index (χ1n) is 0.608. The summed E-state index contributed by atoms with van der Waals surface area (Å²) in [7, 11) is 0. The molecule has 0 heterocycles. The quantitative estimate of drug-likeness (QED) is 0.201. The fraction of sp³-hybridized carbons (Fsp3) is 0. The molecule has 31 valence electrons. The molecule has 0 amide bonds. The van der Waals surface area contributed by atoms with E-state index in [2.05, 4.69) is 0 Å². The van der Waals surface area contributed by atoms with Crippen molar-refractivity contribution in [3.63, 3.8) is 0 Å². The number of hydrogen-bond acceptors (Lipinski definition) is 4. The van der Waals surface area contributed by atoms with Crippen molar-refractivity contribution in [3.8, 4) is 0 Å². The van der Waals surface area contributed by atoms with Gasteiger partial charge in [-0.2, -0.15) is 0 Å². The Hall–Kier alpha value is 1.39. The summed E-state index contributed by atoms with van der Waals surface area (Å²) in [6.07, 6.45) is 0. The second kappa shape index (κ2) is 32.5. The summed E-state index contributed by atoms with van der Waals surface area (Å²) in [5.41, 5.74) is 0. The first kappa shape index (κ1) is 15.7. The Morgan fingerprint density at radius 3 is 1.50 bits per heavy atom. The average molecular weight is 137 g/mol. The van der Waals surface area contributed by atoms with Crippen LogP contribution in [0.1, 0.15) is 0 Å². The van der Waals surface area contributed by atoms with Crippen molar-refractivity contribution >= 4 is 0 Å². The van der Waals surface area contributed by atoms with Crippen molar-refractivity contribution < 1.29 is 66.6 Å². The second-order valence-corrected chi connectivity index (χ2v) is 0.344. The summed E-state index contributed by atoms with van der Waals surface area (Å²) >= 11 is -2.00. The first-order chi connectivity index (χ1) is 2.41. The van der Waals surface area contributed by atoms with E-state index in [1.54, 1.807) is 0 Å². The van der Waals surface area contributed by atoms with E-state index in [-0.39, 0.29) is 29.6 Å². The molecule has 0 saturated heterocycles. The zero-order valence-corrected chi connectivity index (χ0v) is 6.77. The maximum absolute atomic E-state index is 8.50. The van der Waals surface area contributed by atoms with E-state index in [0.29, 0.717) is 0 Å². The summed E-state index contributed by atoms with van der Waals surface area (Å²) in [6, 6.07) is 0. The summed E-state index contributed by atoms with van der Waals surface area (Å²) in [5, 5.41) is 12.0. The molecule has 0 rings (SSSR count). The summed E-state index contributed by atoms with van der Waals surface area (Å²) in [5.74, 6) is 0. The second-order valence-electron chi connectivity index (χ2n) is 0.0833. The van der Waals surface area contributed by atoms with Gasteiger partial charge in [0.25, 0.3) is 0 Å². The molecule has 0 aliphatic carbocycles. The molecule has 0 bridgehead atoms. The van der Waals surface area contributed by atoms with E-state index < -0.39 is 19.5 Å². The van der Waals surface area contributed by atoms with Crippen LogP contribution in [0, 0.1) is 0 Å². The van der Waals surface area contributed by atoms with Crippen molar-refractivity contribution in [2.75, 3.05) is 0 Å². The van der Waals surface area contributed by atoms with E-state index in [1.165, 1.54) is 0 Å². The molecule has 0 aliphatic heterocycles. The molecular weight excluding hydrogens is 135 g/mol. The molecule has 0 aromatic rings. The van der Waals surface area contributed by atoms with Gasteiger partial charge in [0, 0.05) is 0 Å². The Balaban J connectivity index is -0.0000000275. The fourth-order valence-electron chi connectivity index (χ4n) is 0. The molecule has 0 radical (unpaired) electrons. The van der Waals surface area contributed by atoms with Gasteiger partial charge in [-0.1, -0.05) is 0 Å². The third-order valence-corrected chi connectivity index (χ3v) is 0. The zero-order valence-electron chi connectivity index (χ0n) is 3.21. The fourth-order valence-corrected chi connectivity index (χ4v) is 0. The predicted molar refractivity (Wildman–Crippen MR) is 5.94 cm³/mol. The van der Waals surface area contributed by atoms with Gasteiger partial charge < -0.3 is 0 Å². The third kappa shape index (κ3) is 53.6. The van der Waals surface area contributed by atoms with Crippen LogP contribution >= 0.6 is 0 Å². The van der Waals surface area contributed by atoms with Gasteiger partial charge in [-0.15, -0.1) is 0 Å². The van der Waals surface area contributed by atoms with E-state index >= 15 is 0 Å². The van der Waals surface area contributed by atoms with E-state index in [0.717, 1.165) is 0 Å². The van der Waals surface area contributed by atoms with Crippen molar-refractivity contribution in [1.82, 2.24) is 0 Å². The Labute approximate surface area is 66.1 Å². The zero-order chi connectivity index (χ0) is 4.71. The Kier molecular flexibility index (Phi) is 84.7. The van der Waals surface area contributed by atoms with Gasteiger partial charge in [0.1, 0.15) is 0 Å². The van der Waals surface area contributed by atoms with Crippen LogP contribution in [0.3, 0.4) is 0 Å². The van der Waals surface area contributed by atoms with Crippen LogP contribution < -0.4 is 33.2 Å². The van der Waals surface area contributed by atoms with Crippen molar-refractivity contribution in [2.24, 2.45) is 0 Å². The maximum atomic E-state index is 8.50. The molecule has 0 unspecified atom stereocenters. The molecule has 2 N–H and O–H groups in total. The van der Waals surface area contributed by atoms with Crippen LogP contribution in [0.25, 0.3) is 0 Å². The van der Waals surface area contributed by atoms with Crippen LogP contribution in [0.15, 0.2) is 0 Å². The van der Waals surface area contributed by atoms with Gasteiger partial charge in [0.15, 0.2) is 0 Å². The Bertz CT molecular complexity index is 15.0. The van der Waals surface area contributed by atoms with Gasteiger partial charge >= 0.3 is 56.1 Å². The minimum atomic E-state index is -2.00. The molecule has 6 heavy (non-hydrogen) atoms. The van der Waals surface area contributed by atoms with Crippen LogP contribution in [0.5, 0.6) is 0 Å². The molecule has 0 fully saturated rings. The van der Waals surface area contributed by atoms with Gasteiger partial charge in [0.2, 0.25) is 0 Å². The van der Waals surface area contributed by atoms with Gasteiger partial charge in [-0.3, -0.25) is 10.5 Å². The van der Waals surface area contributed by atoms with Crippen molar-refractivity contribution in [2.45, 2.75) is 0 Å². The van der Waals surface area contributed by atoms with Crippen molar-refractivity contribution in [3.05, 3.63) is 0 Å². The molecule has 0 aromatic heterocycles. The normalized spacial score (nSPS) is 2.50. The molecule has 0 saturated carbocycles. The van der Waals surface area contributed by atoms with Gasteiger partial charge in [0.05, 0.1) is 0 Å². The molecule has 4 nitrogen and oxygen atoms in total. The molecular formula is H2NaO4Ti. The molecule has 0 spiro atoms. The van der Waals surface area contributed by atoms with Gasteiger partial charge in [-0.05, 0) is 0 Å². The van der Waals surface area contributed by atoms with Crippen LogP contribution in [-0.2, 0) is 22.8 Å². The average Bonchev–Trinajstić information content (AvgIpc) is 1.46. The number of rotatable bonds is 0. The predicted octanol–water partition coefficient (Wildman–Crippen LogP) is -4.29. The monoisotopic (exact) mass is 137 g/mol. The Morgan fingerprint density at radius 1 is 1.50 bits per heavy atom. The van der Waals surface area contributed by atoms with Gasteiger partial charge in [-0.25, -0.2) is 0 Å². The number of hydrogen-bond donors (Lipinski definition) is 2. The Morgan fingerprint density at radius 2 is 1.50 bits per heavy atom. The van der Waals surface area contributed by atoms with E-state index in [4.69, 9.17) is 17.5 Å². The summed E-state index contributed by atoms with van der Waals surface area (Å²) in [4.78, 5) is 0. The molecule has 0 aliphatic rings. The summed E-state index contributed by atoms with van der Waals surface area (Å²) < 4.78 is 17.0. The topological polar surface area (TPSA) is 80.6 Å². The van der Waals surface area contributed by atoms with Crippen LogP contribution in [0.2, 0.25) is 0 Å². The van der Waals surface area contributed by atoms with Crippen LogP contribution in [-0.4, -0.2) is 10.5 Å². The molecule has 6 heteroatoms. The third-order valence-electron chi connectivity index (χ3n) is 0. The standard InChI is InChI=1S/Na.H2O2.2O.Ti/c;1-2;;;/h;1-2H;;;/q+1;;;-1;. The minimum absolute atomic E-state index is 0.